The molecule has 5 heteroatoms. The Morgan fingerprint density at radius 2 is 2.09 bits per heavy atom. The second-order valence-corrected chi connectivity index (χ2v) is 5.29. The van der Waals surface area contributed by atoms with Gasteiger partial charge in [-0.05, 0) is 43.2 Å². The minimum atomic E-state index is -0.373. The monoisotopic (exact) mass is 310 g/mol. The van der Waals surface area contributed by atoms with Crippen molar-refractivity contribution in [2.45, 2.75) is 19.4 Å². The molecule has 1 amide bonds. The van der Waals surface area contributed by atoms with Gasteiger partial charge in [-0.3, -0.25) is 9.88 Å². The minimum absolute atomic E-state index is 0.188. The third kappa shape index (κ3) is 3.18. The summed E-state index contributed by atoms with van der Waals surface area (Å²) in [6, 6.07) is 10.7. The molecule has 1 atom stereocenters. The third-order valence-electron chi connectivity index (χ3n) is 3.80. The van der Waals surface area contributed by atoms with Gasteiger partial charge in [0.05, 0.1) is 18.3 Å². The molecule has 1 N–H and O–H groups in total. The van der Waals surface area contributed by atoms with Crippen LogP contribution < -0.4 is 0 Å². The predicted molar refractivity (Wildman–Crippen MR) is 86.7 cm³/mol. The van der Waals surface area contributed by atoms with Gasteiger partial charge in [0, 0.05) is 18.0 Å². The Labute approximate surface area is 134 Å². The molecule has 5 nitrogen and oxygen atoms in total. The van der Waals surface area contributed by atoms with Crippen molar-refractivity contribution in [3.63, 3.8) is 0 Å². The summed E-state index contributed by atoms with van der Waals surface area (Å²) in [6.07, 6.45) is 5.52. The number of benzene rings is 1. The lowest BCUT2D eigenvalue weighted by atomic mass is 9.94. The van der Waals surface area contributed by atoms with Crippen LogP contribution in [0.4, 0.5) is 4.79 Å². The summed E-state index contributed by atoms with van der Waals surface area (Å²) in [7, 11) is 0. The van der Waals surface area contributed by atoms with Gasteiger partial charge in [0.2, 0.25) is 0 Å². The summed E-state index contributed by atoms with van der Waals surface area (Å²) < 4.78 is 5.16. The van der Waals surface area contributed by atoms with Gasteiger partial charge in [0.25, 0.3) is 0 Å². The lowest BCUT2D eigenvalue weighted by Gasteiger charge is -2.32. The van der Waals surface area contributed by atoms with Crippen LogP contribution in [0.3, 0.4) is 0 Å². The Balaban J connectivity index is 1.94. The third-order valence-corrected chi connectivity index (χ3v) is 3.80. The van der Waals surface area contributed by atoms with E-state index in [1.807, 2.05) is 30.3 Å². The zero-order valence-corrected chi connectivity index (χ0v) is 12.8. The largest absolute Gasteiger partial charge is 0.508 e. The van der Waals surface area contributed by atoms with Crippen LogP contribution in [-0.2, 0) is 11.2 Å². The Hall–Kier alpha value is -2.82. The maximum Gasteiger partial charge on any atom is 0.414 e. The number of ether oxygens (including phenoxy) is 1. The maximum atomic E-state index is 12.3. The van der Waals surface area contributed by atoms with Gasteiger partial charge in [0.1, 0.15) is 5.75 Å². The first-order valence-corrected chi connectivity index (χ1v) is 7.55. The first-order valence-electron chi connectivity index (χ1n) is 7.55. The van der Waals surface area contributed by atoms with Crippen molar-refractivity contribution in [2.75, 3.05) is 6.61 Å². The van der Waals surface area contributed by atoms with E-state index in [2.05, 4.69) is 4.98 Å². The molecule has 0 fully saturated rings. The lowest BCUT2D eigenvalue weighted by molar-refractivity contribution is 0.109. The van der Waals surface area contributed by atoms with E-state index in [1.165, 1.54) is 0 Å². The van der Waals surface area contributed by atoms with Crippen LogP contribution in [-0.4, -0.2) is 27.7 Å². The molecule has 0 saturated heterocycles. The Morgan fingerprint density at radius 3 is 2.83 bits per heavy atom. The van der Waals surface area contributed by atoms with Crippen molar-refractivity contribution < 1.29 is 14.6 Å². The number of aromatic hydroxyl groups is 1. The molecule has 0 spiro atoms. The number of carbonyl (C=O) groups is 1. The van der Waals surface area contributed by atoms with E-state index in [0.29, 0.717) is 13.0 Å². The van der Waals surface area contributed by atoms with E-state index in [0.717, 1.165) is 16.8 Å². The highest BCUT2D eigenvalue weighted by Gasteiger charge is 2.29. The minimum Gasteiger partial charge on any atom is -0.508 e. The van der Waals surface area contributed by atoms with Crippen LogP contribution in [0, 0.1) is 0 Å². The second kappa shape index (κ2) is 6.52. The average molecular weight is 310 g/mol. The van der Waals surface area contributed by atoms with Gasteiger partial charge in [0.15, 0.2) is 0 Å². The first-order chi connectivity index (χ1) is 11.2. The van der Waals surface area contributed by atoms with Crippen molar-refractivity contribution in [2.24, 2.45) is 0 Å². The average Bonchev–Trinajstić information content (AvgIpc) is 2.57. The fourth-order valence-electron chi connectivity index (χ4n) is 2.71. The van der Waals surface area contributed by atoms with Crippen LogP contribution in [0.1, 0.15) is 29.8 Å². The molecule has 0 aliphatic carbocycles. The summed E-state index contributed by atoms with van der Waals surface area (Å²) in [6.45, 7) is 2.12. The van der Waals surface area contributed by atoms with Crippen LogP contribution in [0.5, 0.6) is 5.75 Å². The molecule has 23 heavy (non-hydrogen) atoms. The zero-order chi connectivity index (χ0) is 16.2. The van der Waals surface area contributed by atoms with Gasteiger partial charge in [-0.25, -0.2) is 4.79 Å². The Kier molecular flexibility index (Phi) is 4.28. The van der Waals surface area contributed by atoms with Gasteiger partial charge in [-0.2, -0.15) is 0 Å². The van der Waals surface area contributed by atoms with Crippen molar-refractivity contribution >= 4 is 12.2 Å². The molecular formula is C18H18N2O3. The highest BCUT2D eigenvalue weighted by Crippen LogP contribution is 2.32. The summed E-state index contributed by atoms with van der Waals surface area (Å²) in [5.74, 6) is 0.224. The highest BCUT2D eigenvalue weighted by molar-refractivity contribution is 5.73. The number of phenolic OH excluding ortho intramolecular Hbond substituents is 1. The number of fused-ring (bicyclic) bond motifs is 1. The number of hydrogen-bond donors (Lipinski definition) is 1. The molecule has 1 unspecified atom stereocenters. The standard InChI is InChI=1S/C18H18N2O3/c1-2-23-18(22)20-11-9-16-15(4-3-10-19-16)17(20)12-13-5-7-14(21)8-6-13/h3-11,17,21H,2,12H2,1H3. The molecule has 1 aromatic carbocycles. The number of amides is 1. The predicted octanol–water partition coefficient (Wildman–Crippen LogP) is 3.51. The number of rotatable bonds is 3. The normalized spacial score (nSPS) is 16.0. The fraction of sp³-hybridized carbons (Fsp3) is 0.222. The SMILES string of the molecule is CCOC(=O)N1C=Cc2ncccc2C1Cc1ccc(O)cc1. The first kappa shape index (κ1) is 15.1. The number of nitrogens with zero attached hydrogens (tertiary/aromatic N) is 2. The summed E-state index contributed by atoms with van der Waals surface area (Å²) in [4.78, 5) is 18.2. The molecular weight excluding hydrogens is 292 g/mol. The Bertz CT molecular complexity index is 725. The van der Waals surface area contributed by atoms with Crippen LogP contribution in [0.15, 0.2) is 48.8 Å². The van der Waals surface area contributed by atoms with Crippen molar-refractivity contribution in [3.05, 3.63) is 65.6 Å². The quantitative estimate of drug-likeness (QED) is 0.942. The van der Waals surface area contributed by atoms with Crippen molar-refractivity contribution in [1.82, 2.24) is 9.88 Å². The fourth-order valence-corrected chi connectivity index (χ4v) is 2.71. The molecule has 1 aromatic heterocycles. The van der Waals surface area contributed by atoms with Crippen LogP contribution >= 0.6 is 0 Å². The number of pyridine rings is 1. The molecule has 2 heterocycles. The number of phenols is 1. The molecule has 1 aliphatic heterocycles. The maximum absolute atomic E-state index is 12.3. The zero-order valence-electron chi connectivity index (χ0n) is 12.8. The highest BCUT2D eigenvalue weighted by atomic mass is 16.6. The van der Waals surface area contributed by atoms with Crippen LogP contribution in [0.25, 0.3) is 6.08 Å². The smallest absolute Gasteiger partial charge is 0.414 e. The topological polar surface area (TPSA) is 62.7 Å². The summed E-state index contributed by atoms with van der Waals surface area (Å²) in [5, 5.41) is 9.42. The van der Waals surface area contributed by atoms with Gasteiger partial charge >= 0.3 is 6.09 Å². The van der Waals surface area contributed by atoms with E-state index in [1.54, 1.807) is 36.4 Å². The van der Waals surface area contributed by atoms with E-state index in [4.69, 9.17) is 4.74 Å². The molecule has 0 radical (unpaired) electrons. The molecule has 118 valence electrons. The van der Waals surface area contributed by atoms with Gasteiger partial charge in [-0.15, -0.1) is 0 Å². The number of hydrogen-bond acceptors (Lipinski definition) is 4. The molecule has 0 saturated carbocycles. The van der Waals surface area contributed by atoms with Gasteiger partial charge < -0.3 is 9.84 Å². The second-order valence-electron chi connectivity index (χ2n) is 5.29. The summed E-state index contributed by atoms with van der Waals surface area (Å²) in [5.41, 5.74) is 2.86. The van der Waals surface area contributed by atoms with Crippen molar-refractivity contribution in [1.29, 1.82) is 0 Å². The van der Waals surface area contributed by atoms with Gasteiger partial charge in [-0.1, -0.05) is 18.2 Å². The number of carbonyl (C=O) groups excluding carboxylic acids is 1. The van der Waals surface area contributed by atoms with E-state index in [9.17, 15) is 9.90 Å². The molecule has 1 aliphatic rings. The Morgan fingerprint density at radius 1 is 1.30 bits per heavy atom. The molecule has 0 bridgehead atoms. The molecule has 2 aromatic rings. The summed E-state index contributed by atoms with van der Waals surface area (Å²) >= 11 is 0. The lowest BCUT2D eigenvalue weighted by Crippen LogP contribution is -2.34. The number of aromatic nitrogens is 1. The molecule has 3 rings (SSSR count). The van der Waals surface area contributed by atoms with Crippen LogP contribution in [0.2, 0.25) is 0 Å². The van der Waals surface area contributed by atoms with Crippen molar-refractivity contribution in [3.8, 4) is 5.75 Å². The van der Waals surface area contributed by atoms with E-state index < -0.39 is 0 Å². The van der Waals surface area contributed by atoms with E-state index >= 15 is 0 Å². The van der Waals surface area contributed by atoms with E-state index in [-0.39, 0.29) is 17.9 Å².